The fourth-order valence-electron chi connectivity index (χ4n) is 8.84. The molecule has 9 aromatic carbocycles. The summed E-state index contributed by atoms with van der Waals surface area (Å²) in [5, 5.41) is 10.1. The SMILES string of the molecule is C1=C(c2cc3ccccc3c3ccccc23)\C(c2ccc(N3c4ccc5ccccc5c4-c4cccc5cccc3c45)cc2)=N/c2ccccc2CC/1. The van der Waals surface area contributed by atoms with Crippen LogP contribution in [0.1, 0.15) is 23.1 Å². The minimum Gasteiger partial charge on any atom is -0.309 e. The Kier molecular flexibility index (Phi) is 6.72. The van der Waals surface area contributed by atoms with Gasteiger partial charge in [0.1, 0.15) is 0 Å². The van der Waals surface area contributed by atoms with Gasteiger partial charge in [-0.3, -0.25) is 0 Å². The molecule has 0 radical (unpaired) electrons. The predicted molar refractivity (Wildman–Crippen MR) is 226 cm³/mol. The van der Waals surface area contributed by atoms with E-state index in [0.717, 1.165) is 35.5 Å². The molecule has 2 heteroatoms. The summed E-state index contributed by atoms with van der Waals surface area (Å²) in [5.41, 5.74) is 12.9. The number of fused-ring (bicyclic) bond motifs is 8. The van der Waals surface area contributed by atoms with Crippen LogP contribution in [-0.4, -0.2) is 5.71 Å². The zero-order valence-electron chi connectivity index (χ0n) is 29.1. The predicted octanol–water partition coefficient (Wildman–Crippen LogP) is 13.9. The van der Waals surface area contributed by atoms with Gasteiger partial charge in [-0.05, 0) is 104 Å². The van der Waals surface area contributed by atoms with E-state index >= 15 is 0 Å². The summed E-state index contributed by atoms with van der Waals surface area (Å²) in [6, 6.07) is 64.4. The Morgan fingerprint density at radius 2 is 1.17 bits per heavy atom. The van der Waals surface area contributed by atoms with E-state index in [0.29, 0.717) is 0 Å². The van der Waals surface area contributed by atoms with E-state index in [1.807, 2.05) is 0 Å². The molecule has 2 nitrogen and oxygen atoms in total. The number of rotatable bonds is 3. The van der Waals surface area contributed by atoms with Crippen LogP contribution in [0.3, 0.4) is 0 Å². The van der Waals surface area contributed by atoms with Crippen molar-refractivity contribution in [3.05, 3.63) is 199 Å². The number of nitrogens with zero attached hydrogens (tertiary/aromatic N) is 2. The topological polar surface area (TPSA) is 15.6 Å². The van der Waals surface area contributed by atoms with E-state index in [1.165, 1.54) is 82.3 Å². The molecule has 248 valence electrons. The number of aryl methyl sites for hydroxylation is 1. The Bertz CT molecular complexity index is 3000. The van der Waals surface area contributed by atoms with Gasteiger partial charge in [0, 0.05) is 27.8 Å². The fraction of sp³-hybridized carbons (Fsp3) is 0.0392. The first-order chi connectivity index (χ1) is 26.3. The maximum absolute atomic E-state index is 5.52. The maximum Gasteiger partial charge on any atom is 0.0784 e. The highest BCUT2D eigenvalue weighted by atomic mass is 15.2. The Morgan fingerprint density at radius 3 is 2.04 bits per heavy atom. The molecule has 0 bridgehead atoms. The Hall–Kier alpha value is -6.77. The van der Waals surface area contributed by atoms with Gasteiger partial charge in [0.25, 0.3) is 0 Å². The quantitative estimate of drug-likeness (QED) is 0.170. The number of anilines is 3. The lowest BCUT2D eigenvalue weighted by Crippen LogP contribution is -2.15. The first-order valence-corrected chi connectivity index (χ1v) is 18.5. The first-order valence-electron chi connectivity index (χ1n) is 18.5. The second kappa shape index (κ2) is 11.9. The highest BCUT2D eigenvalue weighted by Crippen LogP contribution is 2.53. The summed E-state index contributed by atoms with van der Waals surface area (Å²) in [6.07, 6.45) is 4.31. The smallest absolute Gasteiger partial charge is 0.0784 e. The van der Waals surface area contributed by atoms with Gasteiger partial charge in [0.05, 0.1) is 22.8 Å². The van der Waals surface area contributed by atoms with Crippen LogP contribution in [0, 0.1) is 0 Å². The van der Waals surface area contributed by atoms with Crippen LogP contribution in [0.25, 0.3) is 59.8 Å². The van der Waals surface area contributed by atoms with Crippen LogP contribution in [0.4, 0.5) is 22.7 Å². The molecule has 0 atom stereocenters. The highest BCUT2D eigenvalue weighted by Gasteiger charge is 2.28. The van der Waals surface area contributed by atoms with Gasteiger partial charge in [-0.25, -0.2) is 4.99 Å². The standard InChI is InChI=1S/C51H34N2/c1-5-19-40-33(12-1)28-31-48-50(40)44-23-10-16-35-17-11-25-47(49(35)44)53(48)38-29-26-36(27-30-38)51-43(22-9-15-34-13-3-8-24-46(34)52-51)45-32-37-14-2-4-18-39(37)41-20-6-7-21-42(41)45/h1-8,10-14,16-32H,9,15H2/b43-22-,52-51-. The summed E-state index contributed by atoms with van der Waals surface area (Å²) in [7, 11) is 0. The van der Waals surface area contributed by atoms with E-state index in [4.69, 9.17) is 4.99 Å². The van der Waals surface area contributed by atoms with Crippen molar-refractivity contribution in [2.45, 2.75) is 12.8 Å². The Labute approximate surface area is 308 Å². The van der Waals surface area contributed by atoms with E-state index in [9.17, 15) is 0 Å². The van der Waals surface area contributed by atoms with Crippen LogP contribution in [-0.2, 0) is 6.42 Å². The van der Waals surface area contributed by atoms with Crippen molar-refractivity contribution in [3.8, 4) is 11.1 Å². The Balaban J connectivity index is 1.11. The van der Waals surface area contributed by atoms with Gasteiger partial charge in [0.2, 0.25) is 0 Å². The zero-order chi connectivity index (χ0) is 34.9. The van der Waals surface area contributed by atoms with E-state index in [-0.39, 0.29) is 0 Å². The van der Waals surface area contributed by atoms with Gasteiger partial charge >= 0.3 is 0 Å². The zero-order valence-corrected chi connectivity index (χ0v) is 29.1. The molecular weight excluding hydrogens is 641 g/mol. The monoisotopic (exact) mass is 674 g/mol. The number of hydrogen-bond acceptors (Lipinski definition) is 2. The summed E-state index contributed by atoms with van der Waals surface area (Å²) in [5.74, 6) is 0. The van der Waals surface area contributed by atoms with Gasteiger partial charge in [0.15, 0.2) is 0 Å². The van der Waals surface area contributed by atoms with Crippen molar-refractivity contribution in [1.29, 1.82) is 0 Å². The lowest BCUT2D eigenvalue weighted by molar-refractivity contribution is 0.999. The second-order valence-corrected chi connectivity index (χ2v) is 14.2. The van der Waals surface area contributed by atoms with Crippen LogP contribution < -0.4 is 4.90 Å². The van der Waals surface area contributed by atoms with Gasteiger partial charge in [-0.2, -0.15) is 0 Å². The third-order valence-corrected chi connectivity index (χ3v) is 11.2. The minimum atomic E-state index is 0.937. The van der Waals surface area contributed by atoms with Crippen LogP contribution >= 0.6 is 0 Å². The first kappa shape index (κ1) is 29.9. The minimum absolute atomic E-state index is 0.937. The summed E-state index contributed by atoms with van der Waals surface area (Å²) in [6.45, 7) is 0. The lowest BCUT2D eigenvalue weighted by Gasteiger charge is -2.34. The van der Waals surface area contributed by atoms with Crippen LogP contribution in [0.2, 0.25) is 0 Å². The number of aliphatic imine (C=N–C) groups is 1. The largest absolute Gasteiger partial charge is 0.309 e. The molecule has 0 saturated heterocycles. The van der Waals surface area contributed by atoms with Gasteiger partial charge < -0.3 is 4.90 Å². The molecule has 0 saturated carbocycles. The molecule has 9 aromatic rings. The summed E-state index contributed by atoms with van der Waals surface area (Å²) >= 11 is 0. The fourth-order valence-corrected chi connectivity index (χ4v) is 8.84. The summed E-state index contributed by atoms with van der Waals surface area (Å²) < 4.78 is 0. The van der Waals surface area contributed by atoms with Crippen molar-refractivity contribution >= 4 is 77.1 Å². The van der Waals surface area contributed by atoms with E-state index in [1.54, 1.807) is 0 Å². The van der Waals surface area contributed by atoms with Crippen LogP contribution in [0.5, 0.6) is 0 Å². The van der Waals surface area contributed by atoms with Gasteiger partial charge in [-0.15, -0.1) is 0 Å². The third kappa shape index (κ3) is 4.69. The van der Waals surface area contributed by atoms with E-state index < -0.39 is 0 Å². The molecule has 0 aliphatic carbocycles. The number of hydrogen-bond donors (Lipinski definition) is 0. The number of benzene rings is 9. The van der Waals surface area contributed by atoms with Crippen molar-refractivity contribution in [2.24, 2.45) is 4.99 Å². The van der Waals surface area contributed by atoms with Crippen molar-refractivity contribution in [2.75, 3.05) is 4.90 Å². The molecule has 2 aliphatic heterocycles. The number of allylic oxidation sites excluding steroid dienone is 2. The normalized spacial score (nSPS) is 15.7. The van der Waals surface area contributed by atoms with Crippen molar-refractivity contribution in [3.63, 3.8) is 0 Å². The molecular formula is C51H34N2. The molecule has 2 heterocycles. The average molecular weight is 675 g/mol. The molecule has 0 N–H and O–H groups in total. The lowest BCUT2D eigenvalue weighted by atomic mass is 9.87. The highest BCUT2D eigenvalue weighted by molar-refractivity contribution is 6.35. The molecule has 0 aromatic heterocycles. The molecule has 0 fully saturated rings. The molecule has 0 amide bonds. The van der Waals surface area contributed by atoms with Crippen molar-refractivity contribution in [1.82, 2.24) is 0 Å². The summed E-state index contributed by atoms with van der Waals surface area (Å²) in [4.78, 5) is 7.97. The molecule has 2 aliphatic rings. The molecule has 11 rings (SSSR count). The maximum atomic E-state index is 5.52. The molecule has 0 spiro atoms. The van der Waals surface area contributed by atoms with Gasteiger partial charge in [-0.1, -0.05) is 146 Å². The Morgan fingerprint density at radius 1 is 0.472 bits per heavy atom. The molecule has 0 unspecified atom stereocenters. The number of para-hydroxylation sites is 1. The second-order valence-electron chi connectivity index (χ2n) is 14.2. The third-order valence-electron chi connectivity index (χ3n) is 11.2. The average Bonchev–Trinajstić information content (AvgIpc) is 3.21. The van der Waals surface area contributed by atoms with Crippen molar-refractivity contribution < 1.29 is 0 Å². The van der Waals surface area contributed by atoms with Crippen LogP contribution in [0.15, 0.2) is 187 Å². The molecule has 53 heavy (non-hydrogen) atoms. The van der Waals surface area contributed by atoms with E-state index in [2.05, 4.69) is 187 Å².